The van der Waals surface area contributed by atoms with Gasteiger partial charge in [-0.05, 0) is 30.5 Å². The summed E-state index contributed by atoms with van der Waals surface area (Å²) in [5, 5.41) is 4.47. The summed E-state index contributed by atoms with van der Waals surface area (Å²) in [5.41, 5.74) is 1.30. The Balaban J connectivity index is 2.00. The van der Waals surface area contributed by atoms with Crippen molar-refractivity contribution < 1.29 is 4.74 Å². The van der Waals surface area contributed by atoms with Crippen molar-refractivity contribution in [3.05, 3.63) is 34.9 Å². The zero-order valence-corrected chi connectivity index (χ0v) is 11.9. The maximum absolute atomic E-state index is 6.04. The molecule has 0 aliphatic carbocycles. The van der Waals surface area contributed by atoms with Crippen LogP contribution in [-0.4, -0.2) is 25.3 Å². The molecule has 2 atom stereocenters. The molecular formula is C15H22ClNO. The summed E-state index contributed by atoms with van der Waals surface area (Å²) in [5.74, 6) is 0.541. The molecule has 2 rings (SSSR count). The normalized spacial score (nSPS) is 24.4. The summed E-state index contributed by atoms with van der Waals surface area (Å²) in [6.07, 6.45) is 2.13. The molecule has 0 unspecified atom stereocenters. The molecule has 100 valence electrons. The zero-order valence-electron chi connectivity index (χ0n) is 11.2. The van der Waals surface area contributed by atoms with Crippen molar-refractivity contribution in [1.82, 2.24) is 5.32 Å². The fourth-order valence-corrected chi connectivity index (χ4v) is 2.83. The second kappa shape index (κ2) is 6.55. The molecule has 0 spiro atoms. The quantitative estimate of drug-likeness (QED) is 0.904. The van der Waals surface area contributed by atoms with E-state index in [1.54, 1.807) is 0 Å². The average molecular weight is 268 g/mol. The number of ether oxygens (including phenoxy) is 1. The summed E-state index contributed by atoms with van der Waals surface area (Å²) < 4.78 is 5.62. The molecule has 1 aliphatic rings. The minimum atomic E-state index is 0.523. The van der Waals surface area contributed by atoms with Crippen LogP contribution in [0, 0.1) is 5.92 Å². The van der Waals surface area contributed by atoms with Crippen molar-refractivity contribution in [2.24, 2.45) is 5.92 Å². The fourth-order valence-electron chi connectivity index (χ4n) is 2.61. The number of benzene rings is 1. The lowest BCUT2D eigenvalue weighted by Gasteiger charge is -2.33. The third-order valence-corrected chi connectivity index (χ3v) is 3.64. The monoisotopic (exact) mass is 267 g/mol. The van der Waals surface area contributed by atoms with Crippen molar-refractivity contribution in [2.45, 2.75) is 38.8 Å². The van der Waals surface area contributed by atoms with E-state index in [1.807, 2.05) is 12.1 Å². The van der Waals surface area contributed by atoms with E-state index in [2.05, 4.69) is 31.3 Å². The van der Waals surface area contributed by atoms with Gasteiger partial charge in [0.1, 0.15) is 0 Å². The highest BCUT2D eigenvalue weighted by Gasteiger charge is 2.26. The van der Waals surface area contributed by atoms with Crippen molar-refractivity contribution in [1.29, 1.82) is 0 Å². The highest BCUT2D eigenvalue weighted by Crippen LogP contribution is 2.21. The van der Waals surface area contributed by atoms with Crippen LogP contribution in [0.4, 0.5) is 0 Å². The minimum absolute atomic E-state index is 0.523. The molecule has 3 heteroatoms. The Kier molecular flexibility index (Phi) is 5.04. The molecule has 0 saturated carbocycles. The predicted octanol–water partition coefficient (Wildman–Crippen LogP) is 3.29. The zero-order chi connectivity index (χ0) is 13.0. The van der Waals surface area contributed by atoms with E-state index in [1.165, 1.54) is 5.56 Å². The summed E-state index contributed by atoms with van der Waals surface area (Å²) in [6.45, 7) is 6.12. The van der Waals surface area contributed by atoms with Gasteiger partial charge in [0.25, 0.3) is 0 Å². The van der Waals surface area contributed by atoms with Gasteiger partial charge in [-0.2, -0.15) is 0 Å². The summed E-state index contributed by atoms with van der Waals surface area (Å²) >= 11 is 6.04. The van der Waals surface area contributed by atoms with E-state index in [-0.39, 0.29) is 0 Å². The van der Waals surface area contributed by atoms with E-state index in [0.717, 1.165) is 31.1 Å². The Morgan fingerprint density at radius 3 is 3.00 bits per heavy atom. The molecular weight excluding hydrogens is 246 g/mol. The van der Waals surface area contributed by atoms with Crippen LogP contribution < -0.4 is 5.32 Å². The molecule has 0 bridgehead atoms. The topological polar surface area (TPSA) is 21.3 Å². The van der Waals surface area contributed by atoms with Gasteiger partial charge < -0.3 is 10.1 Å². The smallest absolute Gasteiger partial charge is 0.0512 e. The third kappa shape index (κ3) is 3.98. The molecule has 1 N–H and O–H groups in total. The molecule has 1 fully saturated rings. The number of hydrogen-bond acceptors (Lipinski definition) is 2. The van der Waals surface area contributed by atoms with E-state index in [0.29, 0.717) is 18.0 Å². The van der Waals surface area contributed by atoms with E-state index in [9.17, 15) is 0 Å². The van der Waals surface area contributed by atoms with Gasteiger partial charge in [0, 0.05) is 29.6 Å². The van der Waals surface area contributed by atoms with Crippen LogP contribution in [0.15, 0.2) is 24.3 Å². The first-order valence-corrected chi connectivity index (χ1v) is 7.11. The highest BCUT2D eigenvalue weighted by atomic mass is 35.5. The van der Waals surface area contributed by atoms with Gasteiger partial charge in [0.2, 0.25) is 0 Å². The number of rotatable bonds is 4. The van der Waals surface area contributed by atoms with Crippen LogP contribution in [0.3, 0.4) is 0 Å². The molecule has 0 radical (unpaired) electrons. The van der Waals surface area contributed by atoms with Crippen molar-refractivity contribution in [2.75, 3.05) is 13.2 Å². The predicted molar refractivity (Wildman–Crippen MR) is 76.1 cm³/mol. The van der Waals surface area contributed by atoms with Crippen molar-refractivity contribution in [3.8, 4) is 0 Å². The van der Waals surface area contributed by atoms with Gasteiger partial charge in [-0.15, -0.1) is 0 Å². The Labute approximate surface area is 115 Å². The van der Waals surface area contributed by atoms with Crippen molar-refractivity contribution >= 4 is 11.6 Å². The molecule has 1 aromatic carbocycles. The third-order valence-electron chi connectivity index (χ3n) is 3.41. The van der Waals surface area contributed by atoms with Crippen LogP contribution in [-0.2, 0) is 11.2 Å². The maximum Gasteiger partial charge on any atom is 0.0512 e. The lowest BCUT2D eigenvalue weighted by atomic mass is 9.89. The lowest BCUT2D eigenvalue weighted by Crippen LogP contribution is -2.46. The molecule has 0 aromatic heterocycles. The highest BCUT2D eigenvalue weighted by molar-refractivity contribution is 6.30. The Morgan fingerprint density at radius 2 is 2.28 bits per heavy atom. The summed E-state index contributed by atoms with van der Waals surface area (Å²) in [6, 6.07) is 9.22. The molecule has 0 amide bonds. The Bertz CT molecular complexity index is 381. The van der Waals surface area contributed by atoms with E-state index >= 15 is 0 Å². The van der Waals surface area contributed by atoms with Gasteiger partial charge >= 0.3 is 0 Å². The molecule has 18 heavy (non-hydrogen) atoms. The first-order valence-electron chi connectivity index (χ1n) is 6.73. The van der Waals surface area contributed by atoms with Crippen LogP contribution in [0.5, 0.6) is 0 Å². The largest absolute Gasteiger partial charge is 0.381 e. The van der Waals surface area contributed by atoms with Gasteiger partial charge in [-0.25, -0.2) is 0 Å². The second-order valence-corrected chi connectivity index (χ2v) is 5.82. The summed E-state index contributed by atoms with van der Waals surface area (Å²) in [7, 11) is 0. The van der Waals surface area contributed by atoms with Crippen molar-refractivity contribution in [3.63, 3.8) is 0 Å². The van der Waals surface area contributed by atoms with E-state index in [4.69, 9.17) is 16.3 Å². The fraction of sp³-hybridized carbons (Fsp3) is 0.600. The van der Waals surface area contributed by atoms with Gasteiger partial charge in [0.05, 0.1) is 6.61 Å². The molecule has 1 aliphatic heterocycles. The lowest BCUT2D eigenvalue weighted by molar-refractivity contribution is 0.0300. The van der Waals surface area contributed by atoms with Gasteiger partial charge in [-0.1, -0.05) is 37.6 Å². The van der Waals surface area contributed by atoms with Crippen LogP contribution in [0.25, 0.3) is 0 Å². The average Bonchev–Trinajstić information content (AvgIpc) is 2.31. The maximum atomic E-state index is 6.04. The Morgan fingerprint density at radius 1 is 1.44 bits per heavy atom. The number of nitrogens with one attached hydrogen (secondary N) is 1. The first kappa shape index (κ1) is 13.9. The second-order valence-electron chi connectivity index (χ2n) is 5.39. The number of halogens is 1. The molecule has 1 saturated heterocycles. The molecule has 2 nitrogen and oxygen atoms in total. The summed E-state index contributed by atoms with van der Waals surface area (Å²) in [4.78, 5) is 0. The first-order chi connectivity index (χ1) is 8.65. The SMILES string of the molecule is CC(C)N[C@H]1CCOC[C@H]1Cc1cccc(Cl)c1. The standard InChI is InChI=1S/C15H22ClNO/c1-11(2)17-15-6-7-18-10-13(15)8-12-4-3-5-14(16)9-12/h3-5,9,11,13,15,17H,6-8,10H2,1-2H3/t13-,15+/m1/s1. The van der Waals surface area contributed by atoms with Gasteiger partial charge in [0.15, 0.2) is 0 Å². The molecule has 1 aromatic rings. The van der Waals surface area contributed by atoms with Gasteiger partial charge in [-0.3, -0.25) is 0 Å². The van der Waals surface area contributed by atoms with Crippen LogP contribution in [0.1, 0.15) is 25.8 Å². The number of hydrogen-bond donors (Lipinski definition) is 1. The van der Waals surface area contributed by atoms with Crippen LogP contribution >= 0.6 is 11.6 Å². The minimum Gasteiger partial charge on any atom is -0.381 e. The van der Waals surface area contributed by atoms with E-state index < -0.39 is 0 Å². The van der Waals surface area contributed by atoms with Crippen LogP contribution in [0.2, 0.25) is 5.02 Å². The Hall–Kier alpha value is -0.570. The molecule has 1 heterocycles.